The van der Waals surface area contributed by atoms with Crippen LogP contribution in [-0.4, -0.2) is 18.4 Å². The van der Waals surface area contributed by atoms with Gasteiger partial charge in [-0.3, -0.25) is 9.59 Å². The Labute approximate surface area is 142 Å². The Bertz CT molecular complexity index is 770. The van der Waals surface area contributed by atoms with Crippen LogP contribution < -0.4 is 10.2 Å². The lowest BCUT2D eigenvalue weighted by molar-refractivity contribution is -0.126. The summed E-state index contributed by atoms with van der Waals surface area (Å²) in [7, 11) is 0. The minimum Gasteiger partial charge on any atom is -0.352 e. The van der Waals surface area contributed by atoms with Crippen LogP contribution in [0.1, 0.15) is 23.1 Å². The van der Waals surface area contributed by atoms with Crippen molar-refractivity contribution < 1.29 is 9.59 Å². The number of carbonyl (C=O) groups is 2. The zero-order chi connectivity index (χ0) is 17.1. The van der Waals surface area contributed by atoms with E-state index in [-0.39, 0.29) is 24.2 Å². The van der Waals surface area contributed by atoms with E-state index in [1.807, 2.05) is 62.4 Å². The maximum atomic E-state index is 12.4. The average Bonchev–Trinajstić information content (AvgIpc) is 2.96. The van der Waals surface area contributed by atoms with Gasteiger partial charge in [-0.2, -0.15) is 0 Å². The molecule has 0 bridgehead atoms. The van der Waals surface area contributed by atoms with Crippen LogP contribution in [0.25, 0.3) is 0 Å². The van der Waals surface area contributed by atoms with Crippen molar-refractivity contribution >= 4 is 17.5 Å². The maximum absolute atomic E-state index is 12.4. The summed E-state index contributed by atoms with van der Waals surface area (Å²) < 4.78 is 0. The third-order valence-corrected chi connectivity index (χ3v) is 4.62. The van der Waals surface area contributed by atoms with Gasteiger partial charge in [0.2, 0.25) is 11.8 Å². The highest BCUT2D eigenvalue weighted by molar-refractivity contribution is 6.00. The zero-order valence-corrected chi connectivity index (χ0v) is 14.1. The highest BCUT2D eigenvalue weighted by Crippen LogP contribution is 2.27. The summed E-state index contributed by atoms with van der Waals surface area (Å²) >= 11 is 0. The van der Waals surface area contributed by atoms with Crippen LogP contribution in [0.4, 0.5) is 5.69 Å². The molecule has 24 heavy (non-hydrogen) atoms. The number of carbonyl (C=O) groups excluding carboxylic acids is 2. The first-order chi connectivity index (χ1) is 11.6. The van der Waals surface area contributed by atoms with Gasteiger partial charge in [0.05, 0.1) is 5.92 Å². The molecule has 1 fully saturated rings. The van der Waals surface area contributed by atoms with Gasteiger partial charge in [-0.15, -0.1) is 0 Å². The smallest absolute Gasteiger partial charge is 0.227 e. The fraction of sp³-hybridized carbons (Fsp3) is 0.300. The molecule has 0 aromatic heterocycles. The van der Waals surface area contributed by atoms with Crippen LogP contribution in [-0.2, 0) is 16.1 Å². The molecule has 1 N–H and O–H groups in total. The van der Waals surface area contributed by atoms with Crippen molar-refractivity contribution in [2.24, 2.45) is 5.92 Å². The van der Waals surface area contributed by atoms with Crippen LogP contribution in [0.5, 0.6) is 0 Å². The number of nitrogens with zero attached hydrogens (tertiary/aromatic N) is 1. The first-order valence-corrected chi connectivity index (χ1v) is 8.24. The Hall–Kier alpha value is -2.62. The van der Waals surface area contributed by atoms with Crippen LogP contribution in [0.15, 0.2) is 48.5 Å². The summed E-state index contributed by atoms with van der Waals surface area (Å²) in [6.45, 7) is 4.96. The lowest BCUT2D eigenvalue weighted by atomic mass is 10.1. The molecule has 2 amide bonds. The molecular weight excluding hydrogens is 300 g/mol. The van der Waals surface area contributed by atoms with Crippen LogP contribution >= 0.6 is 0 Å². The monoisotopic (exact) mass is 322 g/mol. The van der Waals surface area contributed by atoms with Gasteiger partial charge in [-0.25, -0.2) is 0 Å². The second kappa shape index (κ2) is 6.87. The molecule has 1 saturated heterocycles. The van der Waals surface area contributed by atoms with Crippen LogP contribution in [0, 0.1) is 19.8 Å². The third-order valence-electron chi connectivity index (χ3n) is 4.62. The second-order valence-corrected chi connectivity index (χ2v) is 6.34. The molecule has 1 aliphatic rings. The van der Waals surface area contributed by atoms with Gasteiger partial charge >= 0.3 is 0 Å². The van der Waals surface area contributed by atoms with Crippen molar-refractivity contribution in [2.75, 3.05) is 11.4 Å². The number of aryl methyl sites for hydroxylation is 2. The minimum atomic E-state index is -0.291. The molecule has 3 rings (SSSR count). The Morgan fingerprint density at radius 1 is 1.08 bits per heavy atom. The van der Waals surface area contributed by atoms with E-state index in [2.05, 4.69) is 5.32 Å². The topological polar surface area (TPSA) is 49.4 Å². The Morgan fingerprint density at radius 2 is 1.75 bits per heavy atom. The summed E-state index contributed by atoms with van der Waals surface area (Å²) in [5.41, 5.74) is 4.20. The van der Waals surface area contributed by atoms with E-state index < -0.39 is 0 Å². The summed E-state index contributed by atoms with van der Waals surface area (Å²) in [6, 6.07) is 15.8. The number of anilines is 1. The molecule has 1 atom stereocenters. The maximum Gasteiger partial charge on any atom is 0.227 e. The fourth-order valence-corrected chi connectivity index (χ4v) is 3.12. The largest absolute Gasteiger partial charge is 0.352 e. The van der Waals surface area contributed by atoms with E-state index in [4.69, 9.17) is 0 Å². The number of hydrogen-bond acceptors (Lipinski definition) is 2. The predicted octanol–water partition coefficient (Wildman–Crippen LogP) is 2.97. The van der Waals surface area contributed by atoms with Crippen molar-refractivity contribution in [1.29, 1.82) is 0 Å². The molecule has 0 spiro atoms. The molecule has 0 unspecified atom stereocenters. The minimum absolute atomic E-state index is 0.0142. The molecule has 2 aromatic rings. The highest BCUT2D eigenvalue weighted by Gasteiger charge is 2.35. The quantitative estimate of drug-likeness (QED) is 0.941. The van der Waals surface area contributed by atoms with Crippen molar-refractivity contribution in [2.45, 2.75) is 26.8 Å². The van der Waals surface area contributed by atoms with E-state index >= 15 is 0 Å². The van der Waals surface area contributed by atoms with Crippen molar-refractivity contribution in [3.63, 3.8) is 0 Å². The summed E-state index contributed by atoms with van der Waals surface area (Å²) in [4.78, 5) is 26.5. The Kier molecular flexibility index (Phi) is 4.65. The number of benzene rings is 2. The molecule has 0 saturated carbocycles. The van der Waals surface area contributed by atoms with E-state index in [9.17, 15) is 9.59 Å². The van der Waals surface area contributed by atoms with E-state index in [0.717, 1.165) is 22.4 Å². The summed E-state index contributed by atoms with van der Waals surface area (Å²) in [6.07, 6.45) is 0.272. The summed E-state index contributed by atoms with van der Waals surface area (Å²) in [5, 5.41) is 2.97. The van der Waals surface area contributed by atoms with Gasteiger partial charge in [0.1, 0.15) is 0 Å². The first-order valence-electron chi connectivity index (χ1n) is 8.24. The molecule has 4 heteroatoms. The van der Waals surface area contributed by atoms with Crippen molar-refractivity contribution in [1.82, 2.24) is 5.32 Å². The van der Waals surface area contributed by atoms with Gasteiger partial charge in [-0.1, -0.05) is 42.5 Å². The third kappa shape index (κ3) is 3.32. The summed E-state index contributed by atoms with van der Waals surface area (Å²) in [5.74, 6) is -0.329. The second-order valence-electron chi connectivity index (χ2n) is 6.34. The number of rotatable bonds is 4. The molecule has 2 aromatic carbocycles. The fourth-order valence-electron chi connectivity index (χ4n) is 3.12. The molecule has 1 heterocycles. The number of amides is 2. The average molecular weight is 322 g/mol. The predicted molar refractivity (Wildman–Crippen MR) is 94.7 cm³/mol. The number of hydrogen-bond donors (Lipinski definition) is 1. The number of nitrogens with one attached hydrogen (secondary N) is 1. The van der Waals surface area contributed by atoms with Gasteiger partial charge < -0.3 is 10.2 Å². The number of para-hydroxylation sites is 1. The first kappa shape index (κ1) is 16.2. The van der Waals surface area contributed by atoms with Crippen LogP contribution in [0.2, 0.25) is 0 Å². The highest BCUT2D eigenvalue weighted by atomic mass is 16.2. The van der Waals surface area contributed by atoms with Gasteiger partial charge in [-0.05, 0) is 36.6 Å². The molecule has 1 aliphatic heterocycles. The van der Waals surface area contributed by atoms with E-state index in [1.54, 1.807) is 4.90 Å². The molecule has 124 valence electrons. The van der Waals surface area contributed by atoms with Crippen molar-refractivity contribution in [3.8, 4) is 0 Å². The van der Waals surface area contributed by atoms with Crippen molar-refractivity contribution in [3.05, 3.63) is 65.2 Å². The lowest BCUT2D eigenvalue weighted by Crippen LogP contribution is -2.32. The molecule has 4 nitrogen and oxygen atoms in total. The SMILES string of the molecule is Cc1ccccc1CNC(=O)[C@H]1CC(=O)N(c2ccccc2C)C1. The Balaban J connectivity index is 1.64. The van der Waals surface area contributed by atoms with Crippen LogP contribution in [0.3, 0.4) is 0 Å². The van der Waals surface area contributed by atoms with Gasteiger partial charge in [0.15, 0.2) is 0 Å². The zero-order valence-electron chi connectivity index (χ0n) is 14.1. The van der Waals surface area contributed by atoms with Gasteiger partial charge in [0.25, 0.3) is 0 Å². The Morgan fingerprint density at radius 3 is 2.46 bits per heavy atom. The normalized spacial score (nSPS) is 17.2. The van der Waals surface area contributed by atoms with E-state index in [1.165, 1.54) is 0 Å². The van der Waals surface area contributed by atoms with E-state index in [0.29, 0.717) is 13.1 Å². The molecule has 0 radical (unpaired) electrons. The molecular formula is C20H22N2O2. The standard InChI is InChI=1S/C20H22N2O2/c1-14-7-3-5-9-16(14)12-21-20(24)17-11-19(23)22(13-17)18-10-6-4-8-15(18)2/h3-10,17H,11-13H2,1-2H3,(H,21,24)/t17-/m0/s1. The lowest BCUT2D eigenvalue weighted by Gasteiger charge is -2.19. The molecule has 0 aliphatic carbocycles. The van der Waals surface area contributed by atoms with Gasteiger partial charge in [0, 0.05) is 25.2 Å².